The van der Waals surface area contributed by atoms with Crippen molar-refractivity contribution in [3.8, 4) is 6.07 Å². The largest absolute Gasteiger partial charge is 0.379 e. The molecule has 0 spiro atoms. The first-order valence-electron chi connectivity index (χ1n) is 12.2. The third kappa shape index (κ3) is 3.73. The Bertz CT molecular complexity index is 1250. The van der Waals surface area contributed by atoms with E-state index in [1.807, 2.05) is 12.1 Å². The number of nitrogens with one attached hydrogen (secondary N) is 2. The van der Waals surface area contributed by atoms with Crippen molar-refractivity contribution in [2.24, 2.45) is 0 Å². The Labute approximate surface area is 200 Å². The Morgan fingerprint density at radius 2 is 2.21 bits per heavy atom. The zero-order valence-corrected chi connectivity index (χ0v) is 19.6. The third-order valence-corrected chi connectivity index (χ3v) is 7.35. The number of rotatable bonds is 3. The van der Waals surface area contributed by atoms with Crippen LogP contribution in [0.5, 0.6) is 0 Å². The Balaban J connectivity index is 1.27. The molecular formula is C27H30N6O. The van der Waals surface area contributed by atoms with Gasteiger partial charge in [-0.05, 0) is 54.8 Å². The second-order valence-electron chi connectivity index (χ2n) is 9.58. The molecule has 1 aliphatic carbocycles. The van der Waals surface area contributed by atoms with Gasteiger partial charge in [-0.1, -0.05) is 6.08 Å². The van der Waals surface area contributed by atoms with Crippen LogP contribution in [-0.2, 0) is 4.74 Å². The highest BCUT2D eigenvalue weighted by atomic mass is 16.5. The van der Waals surface area contributed by atoms with Gasteiger partial charge in [-0.25, -0.2) is 0 Å². The van der Waals surface area contributed by atoms with Crippen molar-refractivity contribution < 1.29 is 4.74 Å². The standard InChI is InChI=1S/C27H30N6O/c1-18-14-32(25-7-4-19(12-28)27-24(25)3-2-8-30-27)16-26-23-6-5-21(11-20(23)15-33(18)26)31-22-13-29-9-10-34-17-22/h2-5,7-8,11,18,22,29,31H,6,9-10,13-17H2,1H3/t18-,22?/m1/s1. The Hall–Kier alpha value is -3.34. The molecule has 0 amide bonds. The maximum absolute atomic E-state index is 9.53. The van der Waals surface area contributed by atoms with Crippen LogP contribution in [0.25, 0.3) is 10.9 Å². The molecule has 1 aromatic heterocycles. The molecule has 2 N–H and O–H groups in total. The topological polar surface area (TPSA) is 76.5 Å². The van der Waals surface area contributed by atoms with Gasteiger partial charge in [0.25, 0.3) is 0 Å². The lowest BCUT2D eigenvalue weighted by atomic mass is 9.96. The lowest BCUT2D eigenvalue weighted by molar-refractivity contribution is 0.136. The van der Waals surface area contributed by atoms with E-state index in [1.54, 1.807) is 6.20 Å². The number of ether oxygens (including phenoxy) is 1. The molecule has 2 saturated heterocycles. The fraction of sp³-hybridized carbons (Fsp3) is 0.407. The molecule has 4 aliphatic rings. The van der Waals surface area contributed by atoms with Crippen molar-refractivity contribution >= 4 is 16.6 Å². The van der Waals surface area contributed by atoms with E-state index in [-0.39, 0.29) is 0 Å². The van der Waals surface area contributed by atoms with Gasteiger partial charge >= 0.3 is 0 Å². The maximum atomic E-state index is 9.53. The molecule has 2 aromatic rings. The summed E-state index contributed by atoms with van der Waals surface area (Å²) in [4.78, 5) is 9.55. The quantitative estimate of drug-likeness (QED) is 0.739. The number of hydrogen-bond acceptors (Lipinski definition) is 7. The lowest BCUT2D eigenvalue weighted by Crippen LogP contribution is -2.49. The van der Waals surface area contributed by atoms with Crippen LogP contribution in [0.2, 0.25) is 0 Å². The summed E-state index contributed by atoms with van der Waals surface area (Å²) in [5, 5.41) is 17.7. The van der Waals surface area contributed by atoms with Gasteiger partial charge < -0.3 is 25.2 Å². The number of nitriles is 1. The first-order valence-corrected chi connectivity index (χ1v) is 12.2. The molecule has 1 unspecified atom stereocenters. The zero-order valence-electron chi connectivity index (χ0n) is 19.6. The molecule has 4 heterocycles. The fourth-order valence-electron chi connectivity index (χ4n) is 5.69. The predicted octanol–water partition coefficient (Wildman–Crippen LogP) is 2.68. The number of pyridine rings is 1. The molecule has 174 valence electrons. The number of piperazine rings is 1. The summed E-state index contributed by atoms with van der Waals surface area (Å²) in [6.07, 6.45) is 7.39. The molecular weight excluding hydrogens is 424 g/mol. The van der Waals surface area contributed by atoms with Gasteiger partial charge in [0.15, 0.2) is 0 Å². The zero-order chi connectivity index (χ0) is 23.1. The first-order chi connectivity index (χ1) is 16.7. The normalized spacial score (nSPS) is 24.7. The number of hydrogen-bond donors (Lipinski definition) is 2. The molecule has 7 heteroatoms. The Morgan fingerprint density at radius 1 is 1.26 bits per heavy atom. The van der Waals surface area contributed by atoms with Crippen LogP contribution in [0.4, 0.5) is 5.69 Å². The van der Waals surface area contributed by atoms with Gasteiger partial charge in [0.2, 0.25) is 0 Å². The number of nitrogens with zero attached hydrogens (tertiary/aromatic N) is 4. The average Bonchev–Trinajstić information content (AvgIpc) is 3.03. The minimum absolute atomic E-state index is 0.302. The Morgan fingerprint density at radius 3 is 3.12 bits per heavy atom. The molecule has 34 heavy (non-hydrogen) atoms. The molecule has 0 bridgehead atoms. The molecule has 6 rings (SSSR count). The van der Waals surface area contributed by atoms with Gasteiger partial charge in [0.05, 0.1) is 36.9 Å². The number of anilines is 1. The summed E-state index contributed by atoms with van der Waals surface area (Å²) in [6, 6.07) is 11.0. The van der Waals surface area contributed by atoms with Crippen molar-refractivity contribution in [1.29, 1.82) is 5.26 Å². The highest BCUT2D eigenvalue weighted by molar-refractivity contribution is 5.95. The van der Waals surface area contributed by atoms with Gasteiger partial charge in [-0.2, -0.15) is 5.26 Å². The molecule has 0 radical (unpaired) electrons. The molecule has 7 nitrogen and oxygen atoms in total. The van der Waals surface area contributed by atoms with E-state index in [1.165, 1.54) is 22.5 Å². The highest BCUT2D eigenvalue weighted by Crippen LogP contribution is 2.40. The summed E-state index contributed by atoms with van der Waals surface area (Å²) in [6.45, 7) is 8.50. The molecule has 0 saturated carbocycles. The second-order valence-corrected chi connectivity index (χ2v) is 9.58. The van der Waals surface area contributed by atoms with E-state index < -0.39 is 0 Å². The van der Waals surface area contributed by atoms with Crippen LogP contribution >= 0.6 is 0 Å². The first kappa shape index (κ1) is 21.2. The third-order valence-electron chi connectivity index (χ3n) is 7.35. The lowest BCUT2D eigenvalue weighted by Gasteiger charge is -2.42. The van der Waals surface area contributed by atoms with E-state index in [4.69, 9.17) is 4.74 Å². The Kier molecular flexibility index (Phi) is 5.48. The second kappa shape index (κ2) is 8.79. The molecule has 3 aliphatic heterocycles. The van der Waals surface area contributed by atoms with Gasteiger partial charge in [0, 0.05) is 60.9 Å². The van der Waals surface area contributed by atoms with Crippen molar-refractivity contribution in [2.75, 3.05) is 50.8 Å². The predicted molar refractivity (Wildman–Crippen MR) is 133 cm³/mol. The smallest absolute Gasteiger partial charge is 0.101 e. The number of benzene rings is 1. The van der Waals surface area contributed by atoms with Crippen LogP contribution in [0.15, 0.2) is 65.2 Å². The van der Waals surface area contributed by atoms with E-state index in [0.717, 1.165) is 68.9 Å². The van der Waals surface area contributed by atoms with Crippen molar-refractivity contribution in [2.45, 2.75) is 25.4 Å². The molecule has 1 aromatic carbocycles. The maximum Gasteiger partial charge on any atom is 0.101 e. The van der Waals surface area contributed by atoms with Crippen LogP contribution in [-0.4, -0.2) is 67.9 Å². The van der Waals surface area contributed by atoms with Crippen molar-refractivity contribution in [1.82, 2.24) is 20.5 Å². The summed E-state index contributed by atoms with van der Waals surface area (Å²) in [7, 11) is 0. The monoisotopic (exact) mass is 454 g/mol. The SMILES string of the molecule is C[C@@H]1CN(c2ccc(C#N)c3ncccc23)CC2=C3CC=C(NC4CNCCOC4)C=C3CN21. The summed E-state index contributed by atoms with van der Waals surface area (Å²) in [5.41, 5.74) is 8.12. The molecule has 2 atom stereocenters. The van der Waals surface area contributed by atoms with Crippen LogP contribution in [0.1, 0.15) is 18.9 Å². The minimum atomic E-state index is 0.302. The fourth-order valence-corrected chi connectivity index (χ4v) is 5.69. The average molecular weight is 455 g/mol. The van der Waals surface area contributed by atoms with Crippen molar-refractivity contribution in [3.63, 3.8) is 0 Å². The van der Waals surface area contributed by atoms with E-state index in [9.17, 15) is 5.26 Å². The van der Waals surface area contributed by atoms with E-state index >= 15 is 0 Å². The van der Waals surface area contributed by atoms with Gasteiger partial charge in [-0.15, -0.1) is 0 Å². The minimum Gasteiger partial charge on any atom is -0.379 e. The van der Waals surface area contributed by atoms with Gasteiger partial charge in [-0.3, -0.25) is 4.98 Å². The number of fused-ring (bicyclic) bond motifs is 3. The summed E-state index contributed by atoms with van der Waals surface area (Å²) < 4.78 is 5.71. The summed E-state index contributed by atoms with van der Waals surface area (Å²) in [5.74, 6) is 0. The van der Waals surface area contributed by atoms with Crippen LogP contribution in [0.3, 0.4) is 0 Å². The van der Waals surface area contributed by atoms with E-state index in [2.05, 4.69) is 62.7 Å². The van der Waals surface area contributed by atoms with Crippen LogP contribution < -0.4 is 15.5 Å². The number of allylic oxidation sites excluding steroid dienone is 2. The van der Waals surface area contributed by atoms with Crippen molar-refractivity contribution in [3.05, 3.63) is 70.7 Å². The number of aromatic nitrogens is 1. The van der Waals surface area contributed by atoms with Gasteiger partial charge in [0.1, 0.15) is 6.07 Å². The highest BCUT2D eigenvalue weighted by Gasteiger charge is 2.36. The van der Waals surface area contributed by atoms with E-state index in [0.29, 0.717) is 17.6 Å². The summed E-state index contributed by atoms with van der Waals surface area (Å²) >= 11 is 0. The molecule has 2 fully saturated rings. The van der Waals surface area contributed by atoms with Crippen LogP contribution in [0, 0.1) is 11.3 Å².